The number of nitrogens with one attached hydrogen (secondary N) is 3. The third kappa shape index (κ3) is 7.60. The number of benzene rings is 1. The highest BCUT2D eigenvalue weighted by atomic mass is 35.5. The maximum atomic E-state index is 12.7. The minimum absolute atomic E-state index is 0.0925. The van der Waals surface area contributed by atoms with Crippen molar-refractivity contribution in [2.45, 2.75) is 70.9 Å². The maximum absolute atomic E-state index is 12.7. The first-order chi connectivity index (χ1) is 18.2. The number of rotatable bonds is 10. The number of ether oxygens (including phenoxy) is 1. The van der Waals surface area contributed by atoms with Gasteiger partial charge in [-0.1, -0.05) is 42.6 Å². The zero-order valence-electron chi connectivity index (χ0n) is 22.3. The molecule has 3 aromatic rings. The van der Waals surface area contributed by atoms with E-state index >= 15 is 0 Å². The number of carbonyl (C=O) groups excluding carboxylic acids is 2. The molecule has 204 valence electrons. The summed E-state index contributed by atoms with van der Waals surface area (Å²) in [5.74, 6) is 0.687. The summed E-state index contributed by atoms with van der Waals surface area (Å²) in [6.45, 7) is 7.46. The zero-order valence-corrected chi connectivity index (χ0v) is 23.1. The fraction of sp³-hybridized carbons (Fsp3) is 0.500. The summed E-state index contributed by atoms with van der Waals surface area (Å²) < 4.78 is 5.22. The van der Waals surface area contributed by atoms with Crippen molar-refractivity contribution >= 4 is 40.5 Å². The first-order valence-corrected chi connectivity index (χ1v) is 13.7. The molecule has 1 atom stereocenters. The minimum atomic E-state index is -0.489. The Morgan fingerprint density at radius 3 is 2.79 bits per heavy atom. The number of para-hydroxylation sites is 1. The van der Waals surface area contributed by atoms with Crippen molar-refractivity contribution in [2.24, 2.45) is 0 Å². The predicted octanol–water partition coefficient (Wildman–Crippen LogP) is 5.77. The molecule has 3 heterocycles. The van der Waals surface area contributed by atoms with Crippen LogP contribution in [0.1, 0.15) is 59.3 Å². The highest BCUT2D eigenvalue weighted by Crippen LogP contribution is 2.32. The van der Waals surface area contributed by atoms with Crippen molar-refractivity contribution in [3.63, 3.8) is 0 Å². The number of carbonyl (C=O) groups is 2. The molecule has 38 heavy (non-hydrogen) atoms. The highest BCUT2D eigenvalue weighted by molar-refractivity contribution is 6.33. The van der Waals surface area contributed by atoms with Gasteiger partial charge in [-0.2, -0.15) is 0 Å². The number of aromatic nitrogens is 3. The van der Waals surface area contributed by atoms with E-state index < -0.39 is 5.60 Å². The fourth-order valence-corrected chi connectivity index (χ4v) is 4.79. The minimum Gasteiger partial charge on any atom is -0.444 e. The van der Waals surface area contributed by atoms with Crippen LogP contribution in [0.3, 0.4) is 0 Å². The van der Waals surface area contributed by atoms with Gasteiger partial charge in [0, 0.05) is 54.8 Å². The molecule has 2 amide bonds. The van der Waals surface area contributed by atoms with Gasteiger partial charge in [0.25, 0.3) is 0 Å². The number of aromatic amines is 1. The second kappa shape index (κ2) is 12.5. The van der Waals surface area contributed by atoms with E-state index in [4.69, 9.17) is 21.3 Å². The SMILES string of the molecule is CC(C)(C)OC(=O)NCCCCCCC(=O)N1CC[C@@H](Nc2ncc(Cl)c(-c3c[nH]c4ccccc34)n2)C1. The van der Waals surface area contributed by atoms with Gasteiger partial charge in [0.2, 0.25) is 11.9 Å². The van der Waals surface area contributed by atoms with Gasteiger partial charge in [-0.15, -0.1) is 0 Å². The van der Waals surface area contributed by atoms with Gasteiger partial charge in [-0.25, -0.2) is 14.8 Å². The molecule has 0 bridgehead atoms. The smallest absolute Gasteiger partial charge is 0.407 e. The molecule has 0 aliphatic carbocycles. The summed E-state index contributed by atoms with van der Waals surface area (Å²) >= 11 is 6.45. The van der Waals surface area contributed by atoms with E-state index in [1.165, 1.54) is 0 Å². The number of likely N-dealkylation sites (tertiary alicyclic amines) is 1. The molecule has 1 saturated heterocycles. The summed E-state index contributed by atoms with van der Waals surface area (Å²) in [5, 5.41) is 7.70. The standard InChI is InChI=1S/C28H37ClN6O3/c1-28(2,3)38-27(37)30-14-9-5-4-6-12-24(36)35-15-13-19(18-35)33-26-32-17-22(29)25(34-26)21-16-31-23-11-8-7-10-20(21)23/h7-8,10-11,16-17,19,31H,4-6,9,12-15,18H2,1-3H3,(H,30,37)(H,32,33,34)/t19-/m1/s1. The van der Waals surface area contributed by atoms with Crippen LogP contribution in [0.25, 0.3) is 22.2 Å². The number of anilines is 1. The largest absolute Gasteiger partial charge is 0.444 e. The van der Waals surface area contributed by atoms with Crippen LogP contribution < -0.4 is 10.6 Å². The number of unbranched alkanes of at least 4 members (excludes halogenated alkanes) is 3. The molecular formula is C28H37ClN6O3. The lowest BCUT2D eigenvalue weighted by Crippen LogP contribution is -2.33. The second-order valence-electron chi connectivity index (χ2n) is 10.7. The maximum Gasteiger partial charge on any atom is 0.407 e. The van der Waals surface area contributed by atoms with E-state index in [0.717, 1.165) is 55.1 Å². The Balaban J connectivity index is 1.18. The second-order valence-corrected chi connectivity index (χ2v) is 11.1. The summed E-state index contributed by atoms with van der Waals surface area (Å²) in [4.78, 5) is 38.6. The number of hydrogen-bond donors (Lipinski definition) is 3. The average Bonchev–Trinajstić information content (AvgIpc) is 3.51. The summed E-state index contributed by atoms with van der Waals surface area (Å²) in [7, 11) is 0. The number of amides is 2. The van der Waals surface area contributed by atoms with E-state index in [9.17, 15) is 9.59 Å². The molecule has 0 spiro atoms. The molecule has 0 saturated carbocycles. The van der Waals surface area contributed by atoms with Gasteiger partial charge in [0.1, 0.15) is 5.60 Å². The van der Waals surface area contributed by atoms with Gasteiger partial charge < -0.3 is 25.3 Å². The Hall–Kier alpha value is -3.33. The Morgan fingerprint density at radius 1 is 1.18 bits per heavy atom. The summed E-state index contributed by atoms with van der Waals surface area (Å²) in [5.41, 5.74) is 2.14. The zero-order chi connectivity index (χ0) is 27.1. The van der Waals surface area contributed by atoms with Gasteiger partial charge in [0.15, 0.2) is 0 Å². The van der Waals surface area contributed by atoms with Gasteiger partial charge in [-0.3, -0.25) is 4.79 Å². The Labute approximate surface area is 228 Å². The Kier molecular flexibility index (Phi) is 9.09. The highest BCUT2D eigenvalue weighted by Gasteiger charge is 2.26. The Bertz CT molecular complexity index is 1250. The van der Waals surface area contributed by atoms with Crippen molar-refractivity contribution in [1.82, 2.24) is 25.2 Å². The van der Waals surface area contributed by atoms with Crippen molar-refractivity contribution < 1.29 is 14.3 Å². The molecular weight excluding hydrogens is 504 g/mol. The van der Waals surface area contributed by atoms with Gasteiger partial charge >= 0.3 is 6.09 Å². The van der Waals surface area contributed by atoms with E-state index in [2.05, 4.69) is 20.6 Å². The van der Waals surface area contributed by atoms with Crippen LogP contribution in [0.15, 0.2) is 36.7 Å². The van der Waals surface area contributed by atoms with Crippen molar-refractivity contribution in [3.05, 3.63) is 41.7 Å². The third-order valence-electron chi connectivity index (χ3n) is 6.45. The van der Waals surface area contributed by atoms with Crippen LogP contribution in [0.2, 0.25) is 5.02 Å². The van der Waals surface area contributed by atoms with Gasteiger partial charge in [0.05, 0.1) is 16.9 Å². The molecule has 1 aliphatic rings. The predicted molar refractivity (Wildman–Crippen MR) is 150 cm³/mol. The molecule has 9 nitrogen and oxygen atoms in total. The van der Waals surface area contributed by atoms with Crippen LogP contribution in [0.4, 0.5) is 10.7 Å². The molecule has 2 aromatic heterocycles. The first kappa shape index (κ1) is 27.7. The van der Waals surface area contributed by atoms with E-state index in [-0.39, 0.29) is 18.0 Å². The normalized spacial score (nSPS) is 15.6. The quantitative estimate of drug-likeness (QED) is 0.282. The van der Waals surface area contributed by atoms with Crippen LogP contribution >= 0.6 is 11.6 Å². The lowest BCUT2D eigenvalue weighted by molar-refractivity contribution is -0.130. The van der Waals surface area contributed by atoms with E-state index in [0.29, 0.717) is 36.2 Å². The van der Waals surface area contributed by atoms with E-state index in [1.54, 1.807) is 6.20 Å². The van der Waals surface area contributed by atoms with Crippen LogP contribution in [0.5, 0.6) is 0 Å². The Morgan fingerprint density at radius 2 is 1.97 bits per heavy atom. The molecule has 10 heteroatoms. The number of halogens is 1. The topological polar surface area (TPSA) is 112 Å². The number of H-pyrrole nitrogens is 1. The molecule has 4 rings (SSSR count). The summed E-state index contributed by atoms with van der Waals surface area (Å²) in [6, 6.07) is 8.11. The van der Waals surface area contributed by atoms with E-state index in [1.807, 2.05) is 56.1 Å². The van der Waals surface area contributed by atoms with Crippen LogP contribution in [-0.4, -0.2) is 63.1 Å². The summed E-state index contributed by atoms with van der Waals surface area (Å²) in [6.07, 6.45) is 8.14. The monoisotopic (exact) mass is 540 g/mol. The third-order valence-corrected chi connectivity index (χ3v) is 6.72. The molecule has 3 N–H and O–H groups in total. The van der Waals surface area contributed by atoms with Crippen LogP contribution in [-0.2, 0) is 9.53 Å². The number of hydrogen-bond acceptors (Lipinski definition) is 6. The molecule has 1 fully saturated rings. The first-order valence-electron chi connectivity index (χ1n) is 13.3. The molecule has 1 aromatic carbocycles. The number of alkyl carbamates (subject to hydrolysis) is 1. The van der Waals surface area contributed by atoms with Crippen molar-refractivity contribution in [2.75, 3.05) is 25.0 Å². The lowest BCUT2D eigenvalue weighted by Gasteiger charge is -2.19. The van der Waals surface area contributed by atoms with Gasteiger partial charge in [-0.05, 0) is 46.1 Å². The lowest BCUT2D eigenvalue weighted by atomic mass is 10.1. The molecule has 0 unspecified atom stereocenters. The van der Waals surface area contributed by atoms with Crippen molar-refractivity contribution in [3.8, 4) is 11.3 Å². The number of nitrogens with zero attached hydrogens (tertiary/aromatic N) is 3. The molecule has 0 radical (unpaired) electrons. The fourth-order valence-electron chi connectivity index (χ4n) is 4.60. The average molecular weight is 541 g/mol. The van der Waals surface area contributed by atoms with Crippen molar-refractivity contribution in [1.29, 1.82) is 0 Å². The number of fused-ring (bicyclic) bond motifs is 1. The molecule has 1 aliphatic heterocycles. The van der Waals surface area contributed by atoms with Crippen LogP contribution in [0, 0.1) is 0 Å².